The van der Waals surface area contributed by atoms with Gasteiger partial charge in [0, 0.05) is 25.7 Å². The summed E-state index contributed by atoms with van der Waals surface area (Å²) >= 11 is 0. The number of likely N-dealkylation sites (N-methyl/N-ethyl adjacent to an activating group) is 1. The largest absolute Gasteiger partial charge is 0.477 e. The number of aromatic nitrogens is 1. The first-order chi connectivity index (χ1) is 10.6. The van der Waals surface area contributed by atoms with Crippen LogP contribution in [0.3, 0.4) is 0 Å². The number of rotatable bonds is 5. The van der Waals surface area contributed by atoms with Gasteiger partial charge in [-0.25, -0.2) is 9.78 Å². The highest BCUT2D eigenvalue weighted by atomic mass is 16.4. The zero-order valence-corrected chi connectivity index (χ0v) is 12.5. The van der Waals surface area contributed by atoms with E-state index in [1.54, 1.807) is 6.07 Å². The molecule has 1 saturated heterocycles. The van der Waals surface area contributed by atoms with Gasteiger partial charge < -0.3 is 10.0 Å². The smallest absolute Gasteiger partial charge is 0.354 e. The number of hydrogen-bond donors (Lipinski definition) is 1. The molecule has 22 heavy (non-hydrogen) atoms. The van der Waals surface area contributed by atoms with Crippen molar-refractivity contribution in [2.24, 2.45) is 0 Å². The van der Waals surface area contributed by atoms with E-state index < -0.39 is 5.97 Å². The molecule has 0 bridgehead atoms. The average Bonchev–Trinajstić information content (AvgIpc) is 2.47. The van der Waals surface area contributed by atoms with E-state index in [-0.39, 0.29) is 5.69 Å². The van der Waals surface area contributed by atoms with Gasteiger partial charge in [-0.15, -0.1) is 0 Å². The Morgan fingerprint density at radius 1 is 1.23 bits per heavy atom. The van der Waals surface area contributed by atoms with E-state index in [4.69, 9.17) is 5.11 Å². The Hall–Kier alpha value is -2.40. The lowest BCUT2D eigenvalue weighted by molar-refractivity contribution is 0.0690. The normalized spacial score (nSPS) is 14.9. The van der Waals surface area contributed by atoms with Crippen molar-refractivity contribution in [1.82, 2.24) is 9.88 Å². The molecule has 1 aromatic heterocycles. The SMILES string of the molecule is CN(Cc1ccccc1)C1CN(c2cccc(C(=O)O)n2)C1. The van der Waals surface area contributed by atoms with E-state index in [1.165, 1.54) is 11.6 Å². The lowest BCUT2D eigenvalue weighted by atomic mass is 10.1. The van der Waals surface area contributed by atoms with Crippen LogP contribution in [0.2, 0.25) is 0 Å². The van der Waals surface area contributed by atoms with Crippen LogP contribution in [0.15, 0.2) is 48.5 Å². The van der Waals surface area contributed by atoms with Gasteiger partial charge in [0.2, 0.25) is 0 Å². The maximum atomic E-state index is 11.0. The predicted octanol–water partition coefficient (Wildman–Crippen LogP) is 2.10. The molecule has 1 fully saturated rings. The number of carboxylic acid groups (broad SMARTS) is 1. The predicted molar refractivity (Wildman–Crippen MR) is 85.1 cm³/mol. The molecule has 114 valence electrons. The number of nitrogens with zero attached hydrogens (tertiary/aromatic N) is 3. The Balaban J connectivity index is 1.57. The summed E-state index contributed by atoms with van der Waals surface area (Å²) in [7, 11) is 2.12. The van der Waals surface area contributed by atoms with E-state index in [1.807, 2.05) is 12.1 Å². The third-order valence-electron chi connectivity index (χ3n) is 4.04. The van der Waals surface area contributed by atoms with Gasteiger partial charge in [-0.3, -0.25) is 4.90 Å². The van der Waals surface area contributed by atoms with E-state index in [2.05, 4.69) is 46.1 Å². The van der Waals surface area contributed by atoms with Gasteiger partial charge in [0.1, 0.15) is 5.82 Å². The minimum Gasteiger partial charge on any atom is -0.477 e. The molecule has 1 aliphatic heterocycles. The molecule has 0 unspecified atom stereocenters. The fourth-order valence-corrected chi connectivity index (χ4v) is 2.64. The molecule has 0 saturated carbocycles. The summed E-state index contributed by atoms with van der Waals surface area (Å²) in [6.45, 7) is 2.67. The number of pyridine rings is 1. The molecule has 1 aromatic carbocycles. The minimum absolute atomic E-state index is 0.0959. The molecular formula is C17H19N3O2. The number of carboxylic acids is 1. The summed E-state index contributed by atoms with van der Waals surface area (Å²) < 4.78 is 0. The second kappa shape index (κ2) is 6.15. The van der Waals surface area contributed by atoms with Crippen LogP contribution in [-0.2, 0) is 6.54 Å². The highest BCUT2D eigenvalue weighted by Crippen LogP contribution is 2.22. The summed E-state index contributed by atoms with van der Waals surface area (Å²) in [6, 6.07) is 16.0. The van der Waals surface area contributed by atoms with Crippen LogP contribution in [0.25, 0.3) is 0 Å². The van der Waals surface area contributed by atoms with Crippen molar-refractivity contribution >= 4 is 11.8 Å². The lowest BCUT2D eigenvalue weighted by Gasteiger charge is -2.44. The van der Waals surface area contributed by atoms with Gasteiger partial charge >= 0.3 is 5.97 Å². The van der Waals surface area contributed by atoms with Crippen LogP contribution in [0.4, 0.5) is 5.82 Å². The molecule has 0 radical (unpaired) electrons. The van der Waals surface area contributed by atoms with E-state index in [0.29, 0.717) is 6.04 Å². The summed E-state index contributed by atoms with van der Waals surface area (Å²) in [5.74, 6) is -0.246. The fraction of sp³-hybridized carbons (Fsp3) is 0.294. The van der Waals surface area contributed by atoms with Crippen molar-refractivity contribution in [2.75, 3.05) is 25.0 Å². The first-order valence-corrected chi connectivity index (χ1v) is 7.33. The molecule has 5 heteroatoms. The van der Waals surface area contributed by atoms with Crippen molar-refractivity contribution < 1.29 is 9.90 Å². The van der Waals surface area contributed by atoms with Crippen LogP contribution >= 0.6 is 0 Å². The van der Waals surface area contributed by atoms with Gasteiger partial charge in [-0.2, -0.15) is 0 Å². The van der Waals surface area contributed by atoms with Crippen LogP contribution < -0.4 is 4.90 Å². The second-order valence-electron chi connectivity index (χ2n) is 5.65. The van der Waals surface area contributed by atoms with Gasteiger partial charge in [0.15, 0.2) is 5.69 Å². The number of aromatic carboxylic acids is 1. The molecule has 0 spiro atoms. The van der Waals surface area contributed by atoms with E-state index >= 15 is 0 Å². The number of benzene rings is 1. The van der Waals surface area contributed by atoms with Gasteiger partial charge in [0.05, 0.1) is 0 Å². The fourth-order valence-electron chi connectivity index (χ4n) is 2.64. The van der Waals surface area contributed by atoms with Gasteiger partial charge in [-0.1, -0.05) is 36.4 Å². The summed E-state index contributed by atoms with van der Waals surface area (Å²) in [4.78, 5) is 19.6. The van der Waals surface area contributed by atoms with Crippen LogP contribution in [-0.4, -0.2) is 47.1 Å². The highest BCUT2D eigenvalue weighted by Gasteiger charge is 2.31. The van der Waals surface area contributed by atoms with Crippen molar-refractivity contribution in [2.45, 2.75) is 12.6 Å². The third-order valence-corrected chi connectivity index (χ3v) is 4.04. The van der Waals surface area contributed by atoms with E-state index in [9.17, 15) is 4.79 Å². The zero-order chi connectivity index (χ0) is 15.5. The number of carbonyl (C=O) groups is 1. The van der Waals surface area contributed by atoms with Crippen LogP contribution in [0.5, 0.6) is 0 Å². The minimum atomic E-state index is -0.986. The Labute approximate surface area is 129 Å². The highest BCUT2D eigenvalue weighted by molar-refractivity contribution is 5.85. The van der Waals surface area contributed by atoms with E-state index in [0.717, 1.165) is 25.5 Å². The summed E-state index contributed by atoms with van der Waals surface area (Å²) in [6.07, 6.45) is 0. The molecule has 1 aliphatic rings. The van der Waals surface area contributed by atoms with Crippen molar-refractivity contribution in [3.8, 4) is 0 Å². The summed E-state index contributed by atoms with van der Waals surface area (Å²) in [5.41, 5.74) is 1.40. The Bertz CT molecular complexity index is 654. The quantitative estimate of drug-likeness (QED) is 0.916. The first kappa shape index (κ1) is 14.5. The number of hydrogen-bond acceptors (Lipinski definition) is 4. The molecule has 5 nitrogen and oxygen atoms in total. The molecule has 0 atom stereocenters. The number of anilines is 1. The maximum absolute atomic E-state index is 11.0. The van der Waals surface area contributed by atoms with Crippen molar-refractivity contribution in [1.29, 1.82) is 0 Å². The molecule has 3 rings (SSSR count). The Morgan fingerprint density at radius 3 is 2.64 bits per heavy atom. The monoisotopic (exact) mass is 297 g/mol. The maximum Gasteiger partial charge on any atom is 0.354 e. The first-order valence-electron chi connectivity index (χ1n) is 7.33. The Kier molecular flexibility index (Phi) is 4.06. The second-order valence-corrected chi connectivity index (χ2v) is 5.65. The van der Waals surface area contributed by atoms with Crippen LogP contribution in [0.1, 0.15) is 16.1 Å². The van der Waals surface area contributed by atoms with Gasteiger partial charge in [-0.05, 0) is 24.7 Å². The molecule has 0 amide bonds. The van der Waals surface area contributed by atoms with Crippen molar-refractivity contribution in [3.05, 3.63) is 59.8 Å². The molecular weight excluding hydrogens is 278 g/mol. The van der Waals surface area contributed by atoms with Crippen molar-refractivity contribution in [3.63, 3.8) is 0 Å². The molecule has 2 heterocycles. The average molecular weight is 297 g/mol. The summed E-state index contributed by atoms with van der Waals surface area (Å²) in [5, 5.41) is 9.00. The zero-order valence-electron chi connectivity index (χ0n) is 12.5. The molecule has 0 aliphatic carbocycles. The molecule has 2 aromatic rings. The third kappa shape index (κ3) is 3.09. The lowest BCUT2D eigenvalue weighted by Crippen LogP contribution is -2.58. The molecule has 1 N–H and O–H groups in total. The Morgan fingerprint density at radius 2 is 1.95 bits per heavy atom. The topological polar surface area (TPSA) is 56.7 Å². The van der Waals surface area contributed by atoms with Crippen LogP contribution in [0, 0.1) is 0 Å². The van der Waals surface area contributed by atoms with Gasteiger partial charge in [0.25, 0.3) is 0 Å². The standard InChI is InChI=1S/C17H19N3O2/c1-19(10-13-6-3-2-4-7-13)14-11-20(12-14)16-9-5-8-15(18-16)17(21)22/h2-9,14H,10-12H2,1H3,(H,21,22).